The van der Waals surface area contributed by atoms with Gasteiger partial charge in [-0.25, -0.2) is 0 Å². The molecule has 0 radical (unpaired) electrons. The van der Waals surface area contributed by atoms with Crippen molar-refractivity contribution in [3.63, 3.8) is 0 Å². The van der Waals surface area contributed by atoms with Crippen LogP contribution in [-0.4, -0.2) is 32.1 Å². The fourth-order valence-electron chi connectivity index (χ4n) is 1.76. The van der Waals surface area contributed by atoms with E-state index >= 15 is 0 Å². The van der Waals surface area contributed by atoms with Crippen molar-refractivity contribution >= 4 is 33.7 Å². The van der Waals surface area contributed by atoms with Crippen molar-refractivity contribution < 1.29 is 17.8 Å². The number of isocyanates is 1. The summed E-state index contributed by atoms with van der Waals surface area (Å²) in [6, 6.07) is 6.40. The predicted octanol–water partition coefficient (Wildman–Crippen LogP) is 2.04. The second-order valence-corrected chi connectivity index (χ2v) is 5.51. The molecule has 0 aromatic heterocycles. The Balaban J connectivity index is 0.000000982. The van der Waals surface area contributed by atoms with E-state index in [0.29, 0.717) is 16.8 Å². The third-order valence-electron chi connectivity index (χ3n) is 2.73. The van der Waals surface area contributed by atoms with Crippen molar-refractivity contribution in [2.75, 3.05) is 13.1 Å². The monoisotopic (exact) mass is 305 g/mol. The summed E-state index contributed by atoms with van der Waals surface area (Å²) < 4.78 is 33.6. The summed E-state index contributed by atoms with van der Waals surface area (Å²) in [6.45, 7) is 3.70. The first-order chi connectivity index (χ1) is 8.78. The first-order valence-electron chi connectivity index (χ1n) is 5.39. The van der Waals surface area contributed by atoms with Crippen LogP contribution in [0.4, 0.5) is 5.69 Å². The smallest absolute Gasteiger partial charge is 0.259 e. The Morgan fingerprint density at radius 2 is 1.84 bits per heavy atom. The summed E-state index contributed by atoms with van der Waals surface area (Å²) in [6.07, 6.45) is 0.500. The van der Waals surface area contributed by atoms with Gasteiger partial charge in [-0.1, -0.05) is 17.7 Å². The minimum atomic E-state index is -4.47. The maximum atomic E-state index is 11.4. The van der Waals surface area contributed by atoms with E-state index in [0.717, 1.165) is 0 Å². The van der Waals surface area contributed by atoms with Crippen molar-refractivity contribution in [2.24, 2.45) is 0 Å². The largest absolute Gasteiger partial charge is 0.724 e. The molecule has 106 valence electrons. The molecule has 1 aromatic rings. The maximum Gasteiger partial charge on any atom is 0.259 e. The molecule has 8 heteroatoms. The van der Waals surface area contributed by atoms with Crippen LogP contribution < -0.4 is 3.89 Å². The Kier molecular flexibility index (Phi) is 6.89. The number of benzene rings is 1. The molecule has 0 amide bonds. The minimum absolute atomic E-state index is 0.183. The van der Waals surface area contributed by atoms with Gasteiger partial charge in [-0.2, -0.15) is 12.3 Å². The van der Waals surface area contributed by atoms with Crippen molar-refractivity contribution in [3.05, 3.63) is 34.7 Å². The van der Waals surface area contributed by atoms with E-state index in [2.05, 4.69) is 0 Å². The molecule has 0 heterocycles. The fraction of sp³-hybridized carbons (Fsp3) is 0.364. The van der Waals surface area contributed by atoms with Crippen molar-refractivity contribution in [1.82, 2.24) is 3.89 Å². The molecule has 0 saturated carbocycles. The molecule has 0 saturated heterocycles. The first kappa shape index (κ1) is 17.8. The number of quaternary nitrogens is 1. The summed E-state index contributed by atoms with van der Waals surface area (Å²) in [4.78, 5) is 8.24. The molecule has 1 rings (SSSR count). The SMILES string of the molecule is CC[N+](CC)(c1cccc(Cl)c1)S(=O)(=O)[O-].[N-]=C=O. The zero-order valence-corrected chi connectivity index (χ0v) is 12.1. The number of halogens is 1. The lowest BCUT2D eigenvalue weighted by atomic mass is 10.3. The van der Waals surface area contributed by atoms with E-state index in [9.17, 15) is 13.0 Å². The van der Waals surface area contributed by atoms with Gasteiger partial charge in [-0.05, 0) is 26.0 Å². The molecule has 0 fully saturated rings. The molecule has 0 spiro atoms. The third-order valence-corrected chi connectivity index (χ3v) is 4.55. The van der Waals surface area contributed by atoms with Crippen LogP contribution in [-0.2, 0) is 15.1 Å². The van der Waals surface area contributed by atoms with Crippen molar-refractivity contribution in [3.8, 4) is 0 Å². The summed E-state index contributed by atoms with van der Waals surface area (Å²) in [7, 11) is -4.47. The molecule has 0 N–H and O–H groups in total. The van der Waals surface area contributed by atoms with Crippen LogP contribution in [0.5, 0.6) is 0 Å². The summed E-state index contributed by atoms with van der Waals surface area (Å²) in [5.74, 6) is 0. The third kappa shape index (κ3) is 4.12. The molecule has 6 nitrogen and oxygen atoms in total. The minimum Gasteiger partial charge on any atom is -0.724 e. The second-order valence-electron chi connectivity index (χ2n) is 3.52. The van der Waals surface area contributed by atoms with Crippen LogP contribution in [0.1, 0.15) is 13.8 Å². The van der Waals surface area contributed by atoms with Crippen molar-refractivity contribution in [1.29, 1.82) is 0 Å². The van der Waals surface area contributed by atoms with Crippen LogP contribution in [0.25, 0.3) is 5.41 Å². The Morgan fingerprint density at radius 1 is 1.37 bits per heavy atom. The van der Waals surface area contributed by atoms with Crippen LogP contribution in [0.15, 0.2) is 24.3 Å². The van der Waals surface area contributed by atoms with Gasteiger partial charge in [-0.15, -0.1) is 0 Å². The van der Waals surface area contributed by atoms with E-state index in [1.165, 1.54) is 6.07 Å². The van der Waals surface area contributed by atoms with Crippen LogP contribution in [0.3, 0.4) is 0 Å². The molecule has 0 bridgehead atoms. The number of rotatable bonds is 4. The highest BCUT2D eigenvalue weighted by Gasteiger charge is 2.34. The van der Waals surface area contributed by atoms with Gasteiger partial charge in [0.2, 0.25) is 0 Å². The Morgan fingerprint density at radius 3 is 2.16 bits per heavy atom. The van der Waals surface area contributed by atoms with Crippen LogP contribution in [0, 0.1) is 0 Å². The summed E-state index contributed by atoms with van der Waals surface area (Å²) >= 11 is 5.81. The van der Waals surface area contributed by atoms with Gasteiger partial charge < -0.3 is 9.96 Å². The lowest BCUT2D eigenvalue weighted by Gasteiger charge is -2.36. The van der Waals surface area contributed by atoms with E-state index in [4.69, 9.17) is 21.8 Å². The lowest BCUT2D eigenvalue weighted by molar-refractivity contribution is 0.356. The van der Waals surface area contributed by atoms with Gasteiger partial charge in [0, 0.05) is 17.2 Å². The molecule has 1 aromatic carbocycles. The maximum absolute atomic E-state index is 11.4. The molecule has 0 unspecified atom stereocenters. The average Bonchev–Trinajstić information content (AvgIpc) is 2.30. The topological polar surface area (TPSA) is 96.6 Å². The standard InChI is InChI=1S/C10H14ClNO3S.CNO/c1-3-12(4-2,16(13,14)15)10-7-5-6-9(11)8-10;2-1-3/h5-8H,3-4H2,1-2H3;/q;-1. The molecule has 0 aliphatic rings. The number of hydrogen-bond donors (Lipinski definition) is 0. The van der Waals surface area contributed by atoms with E-state index in [-0.39, 0.29) is 13.1 Å². The number of carbonyl (C=O) groups excluding carboxylic acids is 1. The highest BCUT2D eigenvalue weighted by Crippen LogP contribution is 2.28. The van der Waals surface area contributed by atoms with Gasteiger partial charge in [0.25, 0.3) is 10.3 Å². The van der Waals surface area contributed by atoms with Crippen LogP contribution in [0.2, 0.25) is 5.02 Å². The van der Waals surface area contributed by atoms with Gasteiger partial charge in [-0.3, -0.25) is 4.79 Å². The molecule has 0 aliphatic heterocycles. The average molecular weight is 306 g/mol. The van der Waals surface area contributed by atoms with E-state index in [1.807, 2.05) is 0 Å². The first-order valence-corrected chi connectivity index (χ1v) is 7.13. The Hall–Kier alpha value is -1.24. The Labute approximate surface area is 117 Å². The highest BCUT2D eigenvalue weighted by atomic mass is 35.5. The molecule has 0 aliphatic carbocycles. The number of hydrogen-bond acceptors (Lipinski definition) is 4. The summed E-state index contributed by atoms with van der Waals surface area (Å²) in [5.41, 5.74) is 0.410. The van der Waals surface area contributed by atoms with E-state index in [1.54, 1.807) is 32.0 Å². The van der Waals surface area contributed by atoms with Crippen molar-refractivity contribution in [2.45, 2.75) is 13.8 Å². The van der Waals surface area contributed by atoms with Gasteiger partial charge in [0.1, 0.15) is 5.69 Å². The predicted molar refractivity (Wildman–Crippen MR) is 73.1 cm³/mol. The van der Waals surface area contributed by atoms with Crippen LogP contribution >= 0.6 is 11.6 Å². The molecule has 0 atom stereocenters. The van der Waals surface area contributed by atoms with Gasteiger partial charge in [0.15, 0.2) is 0 Å². The fourth-order valence-corrected chi connectivity index (χ4v) is 2.95. The summed E-state index contributed by atoms with van der Waals surface area (Å²) in [5, 5.41) is 7.19. The number of nitrogens with zero attached hydrogens (tertiary/aromatic N) is 2. The zero-order chi connectivity index (χ0) is 15.1. The molecular formula is C11H14ClN2O4S-. The highest BCUT2D eigenvalue weighted by molar-refractivity contribution is 7.85. The molecular weight excluding hydrogens is 292 g/mol. The zero-order valence-electron chi connectivity index (χ0n) is 10.5. The van der Waals surface area contributed by atoms with Gasteiger partial charge in [0.05, 0.1) is 13.1 Å². The second kappa shape index (κ2) is 7.37. The quantitative estimate of drug-likeness (QED) is 0.368. The normalized spacial score (nSPS) is 11.2. The Bertz CT molecular complexity index is 550. The van der Waals surface area contributed by atoms with E-state index < -0.39 is 14.2 Å². The lowest BCUT2D eigenvalue weighted by Crippen LogP contribution is -2.53. The molecule has 19 heavy (non-hydrogen) atoms. The van der Waals surface area contributed by atoms with Gasteiger partial charge >= 0.3 is 0 Å².